The zero-order valence-electron chi connectivity index (χ0n) is 9.89. The molecule has 1 aromatic rings. The Kier molecular flexibility index (Phi) is 4.44. The molecule has 2 rings (SSSR count). The van der Waals surface area contributed by atoms with E-state index in [1.54, 1.807) is 6.08 Å². The molecule has 1 aliphatic heterocycles. The number of alkyl halides is 3. The maximum absolute atomic E-state index is 12.6. The van der Waals surface area contributed by atoms with Gasteiger partial charge in [-0.25, -0.2) is 0 Å². The molecule has 3 nitrogen and oxygen atoms in total. The van der Waals surface area contributed by atoms with Gasteiger partial charge in [0.05, 0.1) is 0 Å². The van der Waals surface area contributed by atoms with Crippen LogP contribution in [0.1, 0.15) is 0 Å². The van der Waals surface area contributed by atoms with Crippen LogP contribution < -0.4 is 4.90 Å². The minimum atomic E-state index is -4.44. The van der Waals surface area contributed by atoms with E-state index in [2.05, 4.69) is 4.98 Å². The standard InChI is InChI=1S/C12H10F3N2O.In/c1-3-9(2)11(18)17(8-12(13,14)15)10-5-4-6-16-7-10;/h2-7H,1,8H2;. The number of pyridine rings is 1. The van der Waals surface area contributed by atoms with Crippen molar-refractivity contribution in [1.82, 2.24) is 4.98 Å². The molecular weight excluding hydrogens is 360 g/mol. The summed E-state index contributed by atoms with van der Waals surface area (Å²) in [5.74, 6) is -0.589. The van der Waals surface area contributed by atoms with E-state index < -0.39 is 41.1 Å². The van der Waals surface area contributed by atoms with E-state index in [1.165, 1.54) is 24.5 Å². The average Bonchev–Trinajstić information content (AvgIpc) is 2.89. The number of rotatable bonds is 3. The van der Waals surface area contributed by atoms with Crippen molar-refractivity contribution in [3.63, 3.8) is 0 Å². The molecule has 98 valence electrons. The molecule has 0 saturated heterocycles. The Morgan fingerprint density at radius 2 is 2.26 bits per heavy atom. The van der Waals surface area contributed by atoms with E-state index in [0.717, 1.165) is 9.08 Å². The van der Waals surface area contributed by atoms with Gasteiger partial charge in [0.1, 0.15) is 0 Å². The molecule has 0 atom stereocenters. The van der Waals surface area contributed by atoms with Crippen LogP contribution in [-0.2, 0) is 4.79 Å². The summed E-state index contributed by atoms with van der Waals surface area (Å²) < 4.78 is 40.5. The monoisotopic (exact) mass is 370 g/mol. The van der Waals surface area contributed by atoms with E-state index in [0.29, 0.717) is 5.57 Å². The van der Waals surface area contributed by atoms with Gasteiger partial charge < -0.3 is 0 Å². The van der Waals surface area contributed by atoms with Crippen molar-refractivity contribution in [2.45, 2.75) is 10.4 Å². The van der Waals surface area contributed by atoms with Gasteiger partial charge in [0.15, 0.2) is 0 Å². The number of hydrogen-bond acceptors (Lipinski definition) is 2. The fourth-order valence-corrected chi connectivity index (χ4v) is 4.77. The minimum absolute atomic E-state index is 0.166. The summed E-state index contributed by atoms with van der Waals surface area (Å²) in [5, 5.41) is 0. The summed E-state index contributed by atoms with van der Waals surface area (Å²) in [4.78, 5) is 16.7. The predicted molar refractivity (Wildman–Crippen MR) is 67.4 cm³/mol. The third kappa shape index (κ3) is 3.92. The summed E-state index contributed by atoms with van der Waals surface area (Å²) >= 11 is -0.886. The van der Waals surface area contributed by atoms with Crippen LogP contribution in [0.4, 0.5) is 18.9 Å². The van der Waals surface area contributed by atoms with Gasteiger partial charge in [0.2, 0.25) is 0 Å². The molecule has 0 N–H and O–H groups in total. The van der Waals surface area contributed by atoms with Crippen molar-refractivity contribution in [2.75, 3.05) is 11.4 Å². The second-order valence-corrected chi connectivity index (χ2v) is 7.66. The third-order valence-corrected chi connectivity index (χ3v) is 5.71. The zero-order valence-corrected chi connectivity index (χ0v) is 13.2. The van der Waals surface area contributed by atoms with E-state index in [1.807, 2.05) is 3.76 Å². The van der Waals surface area contributed by atoms with Crippen LogP contribution in [-0.4, -0.2) is 49.8 Å². The van der Waals surface area contributed by atoms with Crippen molar-refractivity contribution < 1.29 is 18.0 Å². The van der Waals surface area contributed by atoms with Crippen molar-refractivity contribution in [1.29, 1.82) is 0 Å². The van der Waals surface area contributed by atoms with E-state index in [4.69, 9.17) is 0 Å². The van der Waals surface area contributed by atoms with Crippen LogP contribution in [0, 0.1) is 0 Å². The van der Waals surface area contributed by atoms with Crippen molar-refractivity contribution in [3.8, 4) is 0 Å². The van der Waals surface area contributed by atoms with Crippen LogP contribution >= 0.6 is 0 Å². The van der Waals surface area contributed by atoms with Crippen LogP contribution in [0.25, 0.3) is 0 Å². The van der Waals surface area contributed by atoms with Gasteiger partial charge in [-0.05, 0) is 0 Å². The second-order valence-electron chi connectivity index (χ2n) is 4.02. The van der Waals surface area contributed by atoms with Gasteiger partial charge in [0, 0.05) is 0 Å². The molecule has 1 aromatic heterocycles. The van der Waals surface area contributed by atoms with E-state index in [-0.39, 0.29) is 5.69 Å². The number of amides is 1. The molecule has 1 amide bonds. The van der Waals surface area contributed by atoms with Crippen LogP contribution in [0.15, 0.2) is 36.2 Å². The molecule has 2 heterocycles. The topological polar surface area (TPSA) is 33.2 Å². The fraction of sp³-hybridized carbons (Fsp3) is 0.250. The first-order valence-electron chi connectivity index (χ1n) is 5.63. The number of carbonyl (C=O) groups is 1. The predicted octanol–water partition coefficient (Wildman–Crippen LogP) is 1.84. The normalized spacial score (nSPS) is 13.9. The quantitative estimate of drug-likeness (QED) is 0.814. The zero-order chi connectivity index (χ0) is 13.9. The van der Waals surface area contributed by atoms with Crippen LogP contribution in [0.3, 0.4) is 0 Å². The molecule has 0 saturated carbocycles. The summed E-state index contributed by atoms with van der Waals surface area (Å²) in [7, 11) is 0. The first-order chi connectivity index (χ1) is 8.97. The van der Waals surface area contributed by atoms with Crippen LogP contribution in [0.5, 0.6) is 0 Å². The molecule has 0 spiro atoms. The molecule has 0 aliphatic carbocycles. The number of hydrogen-bond donors (Lipinski definition) is 0. The molecule has 0 unspecified atom stereocenters. The van der Waals surface area contributed by atoms with Gasteiger partial charge in [-0.2, -0.15) is 0 Å². The molecule has 1 aliphatic rings. The Morgan fingerprint density at radius 3 is 2.79 bits per heavy atom. The molecule has 0 aromatic carbocycles. The molecule has 0 radical (unpaired) electrons. The number of nitrogens with zero attached hydrogens (tertiary/aromatic N) is 2. The van der Waals surface area contributed by atoms with Gasteiger partial charge in [-0.15, -0.1) is 0 Å². The van der Waals surface area contributed by atoms with Gasteiger partial charge in [-0.1, -0.05) is 0 Å². The summed E-state index contributed by atoms with van der Waals surface area (Å²) in [6.07, 6.45) is 0.0203. The number of carbonyl (C=O) groups excluding carboxylic acids is 1. The maximum atomic E-state index is 12.6. The van der Waals surface area contributed by atoms with E-state index >= 15 is 0 Å². The number of allylic oxidation sites excluding steroid dienone is 1. The SMILES string of the molecule is O=C(C1=C[CH2][In]=[CH]1)N(CC(F)(F)F)c1cccnc1. The van der Waals surface area contributed by atoms with Gasteiger partial charge in [-0.3, -0.25) is 0 Å². The van der Waals surface area contributed by atoms with Crippen molar-refractivity contribution in [2.24, 2.45) is 0 Å². The second kappa shape index (κ2) is 5.90. The Bertz CT molecular complexity index is 526. The number of aromatic nitrogens is 1. The van der Waals surface area contributed by atoms with Crippen molar-refractivity contribution >= 4 is 37.8 Å². The molecular formula is C12H10F3InN2O. The summed E-state index contributed by atoms with van der Waals surface area (Å²) in [6.45, 7) is -1.30. The summed E-state index contributed by atoms with van der Waals surface area (Å²) in [5.41, 5.74) is 0.577. The van der Waals surface area contributed by atoms with E-state index in [9.17, 15) is 18.0 Å². The van der Waals surface area contributed by atoms with Gasteiger partial charge in [0.25, 0.3) is 0 Å². The summed E-state index contributed by atoms with van der Waals surface area (Å²) in [6, 6.07) is 2.96. The molecule has 0 bridgehead atoms. The first-order valence-corrected chi connectivity index (χ1v) is 9.86. The first kappa shape index (κ1) is 14.3. The third-order valence-electron chi connectivity index (χ3n) is 2.56. The number of anilines is 1. The van der Waals surface area contributed by atoms with Crippen molar-refractivity contribution in [3.05, 3.63) is 36.2 Å². The Morgan fingerprint density at radius 1 is 1.47 bits per heavy atom. The molecule has 0 fully saturated rings. The average molecular weight is 370 g/mol. The Hall–Kier alpha value is -1.11. The number of halogens is 3. The Balaban J connectivity index is 2.29. The Labute approximate surface area is 119 Å². The molecule has 19 heavy (non-hydrogen) atoms. The van der Waals surface area contributed by atoms with Crippen LogP contribution in [0.2, 0.25) is 4.18 Å². The molecule has 7 heteroatoms. The van der Waals surface area contributed by atoms with Gasteiger partial charge >= 0.3 is 119 Å². The fourth-order valence-electron chi connectivity index (χ4n) is 1.75.